The summed E-state index contributed by atoms with van der Waals surface area (Å²) in [6.45, 7) is 4.46. The first kappa shape index (κ1) is 15.5. The Kier molecular flexibility index (Phi) is 4.29. The Morgan fingerprint density at radius 1 is 1.39 bits per heavy atom. The first-order chi connectivity index (χ1) is 11.0. The lowest BCUT2D eigenvalue weighted by Gasteiger charge is -2.16. The second kappa shape index (κ2) is 6.37. The van der Waals surface area contributed by atoms with Crippen molar-refractivity contribution in [3.8, 4) is 0 Å². The van der Waals surface area contributed by atoms with Gasteiger partial charge in [0, 0.05) is 18.8 Å². The predicted octanol–water partition coefficient (Wildman–Crippen LogP) is 4.07. The quantitative estimate of drug-likeness (QED) is 0.782. The van der Waals surface area contributed by atoms with Gasteiger partial charge in [-0.2, -0.15) is 0 Å². The van der Waals surface area contributed by atoms with Gasteiger partial charge in [0.1, 0.15) is 0 Å². The van der Waals surface area contributed by atoms with Gasteiger partial charge in [-0.15, -0.1) is 11.3 Å². The van der Waals surface area contributed by atoms with Crippen LogP contribution in [0, 0.1) is 0 Å². The van der Waals surface area contributed by atoms with Gasteiger partial charge in [-0.05, 0) is 24.1 Å². The zero-order valence-corrected chi connectivity index (χ0v) is 14.1. The summed E-state index contributed by atoms with van der Waals surface area (Å²) in [5, 5.41) is 6.86. The van der Waals surface area contributed by atoms with Crippen LogP contribution < -0.4 is 5.32 Å². The minimum Gasteiger partial charge on any atom is -0.359 e. The Bertz CT molecular complexity index is 824. The second-order valence-electron chi connectivity index (χ2n) is 5.69. The van der Waals surface area contributed by atoms with Gasteiger partial charge < -0.3 is 14.7 Å². The summed E-state index contributed by atoms with van der Waals surface area (Å²) in [6.07, 6.45) is 0. The van der Waals surface area contributed by atoms with Crippen molar-refractivity contribution in [1.29, 1.82) is 0 Å². The molecule has 3 aromatic rings. The molecule has 1 N–H and O–H groups in total. The van der Waals surface area contributed by atoms with Crippen molar-refractivity contribution in [3.63, 3.8) is 0 Å². The average Bonchev–Trinajstić information content (AvgIpc) is 3.15. The van der Waals surface area contributed by atoms with E-state index < -0.39 is 0 Å². The zero-order chi connectivity index (χ0) is 16.4. The summed E-state index contributed by atoms with van der Waals surface area (Å²) in [5.41, 5.74) is 4.29. The van der Waals surface area contributed by atoms with Crippen molar-refractivity contribution >= 4 is 33.3 Å². The number of anilines is 1. The number of urea groups is 1. The van der Waals surface area contributed by atoms with Crippen LogP contribution in [0.4, 0.5) is 10.5 Å². The molecule has 2 aromatic heterocycles. The van der Waals surface area contributed by atoms with Crippen LogP contribution in [-0.4, -0.2) is 28.1 Å². The highest BCUT2D eigenvalue weighted by Crippen LogP contribution is 2.22. The standard InChI is InChI=1S/C16H18N4O2S/c1-10(2)13-7-12(22-19-13)8-20(3)16(21)18-11-4-5-15-14(6-11)17-9-23-15/h4-7,9-10H,8H2,1-3H3,(H,18,21). The highest BCUT2D eigenvalue weighted by molar-refractivity contribution is 7.16. The van der Waals surface area contributed by atoms with Gasteiger partial charge in [0.2, 0.25) is 0 Å². The normalized spacial score (nSPS) is 11.1. The van der Waals surface area contributed by atoms with E-state index in [1.54, 1.807) is 28.8 Å². The molecule has 3 rings (SSSR count). The molecule has 0 saturated carbocycles. The van der Waals surface area contributed by atoms with Crippen molar-refractivity contribution in [2.24, 2.45) is 0 Å². The SMILES string of the molecule is CC(C)c1cc(CN(C)C(=O)Nc2ccc3scnc3c2)on1. The van der Waals surface area contributed by atoms with Crippen LogP contribution in [0.25, 0.3) is 10.2 Å². The molecule has 2 heterocycles. The van der Waals surface area contributed by atoms with Crippen LogP contribution in [0.5, 0.6) is 0 Å². The van der Waals surface area contributed by atoms with E-state index in [0.717, 1.165) is 21.6 Å². The molecule has 0 atom stereocenters. The van der Waals surface area contributed by atoms with E-state index in [1.807, 2.05) is 38.1 Å². The van der Waals surface area contributed by atoms with E-state index in [-0.39, 0.29) is 6.03 Å². The van der Waals surface area contributed by atoms with E-state index in [0.29, 0.717) is 18.2 Å². The molecule has 1 aromatic carbocycles. The van der Waals surface area contributed by atoms with Crippen LogP contribution in [-0.2, 0) is 6.54 Å². The van der Waals surface area contributed by atoms with Gasteiger partial charge in [-0.25, -0.2) is 9.78 Å². The minimum atomic E-state index is -0.206. The van der Waals surface area contributed by atoms with Crippen LogP contribution in [0.2, 0.25) is 0 Å². The minimum absolute atomic E-state index is 0.206. The number of carbonyl (C=O) groups excluding carboxylic acids is 1. The number of fused-ring (bicyclic) bond motifs is 1. The molecule has 0 saturated heterocycles. The number of thiazole rings is 1. The van der Waals surface area contributed by atoms with Crippen LogP contribution >= 0.6 is 11.3 Å². The molecule has 0 fully saturated rings. The number of nitrogens with one attached hydrogen (secondary N) is 1. The largest absolute Gasteiger partial charge is 0.359 e. The van der Waals surface area contributed by atoms with E-state index in [4.69, 9.17) is 4.52 Å². The Morgan fingerprint density at radius 2 is 2.22 bits per heavy atom. The number of nitrogens with zero attached hydrogens (tertiary/aromatic N) is 3. The maximum absolute atomic E-state index is 12.3. The van der Waals surface area contributed by atoms with Crippen LogP contribution in [0.1, 0.15) is 31.2 Å². The number of rotatable bonds is 4. The molecule has 0 aliphatic heterocycles. The lowest BCUT2D eigenvalue weighted by atomic mass is 10.1. The maximum atomic E-state index is 12.3. The summed E-state index contributed by atoms with van der Waals surface area (Å²) < 4.78 is 6.36. The Morgan fingerprint density at radius 3 is 2.96 bits per heavy atom. The second-order valence-corrected chi connectivity index (χ2v) is 6.58. The molecule has 0 bridgehead atoms. The topological polar surface area (TPSA) is 71.3 Å². The van der Waals surface area contributed by atoms with E-state index in [2.05, 4.69) is 15.5 Å². The fraction of sp³-hybridized carbons (Fsp3) is 0.312. The van der Waals surface area contributed by atoms with Crippen molar-refractivity contribution in [3.05, 3.63) is 41.2 Å². The van der Waals surface area contributed by atoms with Gasteiger partial charge in [0.25, 0.3) is 0 Å². The molecular weight excluding hydrogens is 312 g/mol. The number of benzene rings is 1. The molecule has 0 aliphatic carbocycles. The molecule has 0 aliphatic rings. The molecular formula is C16H18N4O2S. The molecule has 0 unspecified atom stereocenters. The van der Waals surface area contributed by atoms with Gasteiger partial charge >= 0.3 is 6.03 Å². The van der Waals surface area contributed by atoms with Crippen molar-refractivity contribution < 1.29 is 9.32 Å². The van der Waals surface area contributed by atoms with Gasteiger partial charge in [-0.1, -0.05) is 19.0 Å². The summed E-state index contributed by atoms with van der Waals surface area (Å²) in [6, 6.07) is 7.37. The Balaban J connectivity index is 1.64. The number of amides is 2. The first-order valence-corrected chi connectivity index (χ1v) is 8.22. The summed E-state index contributed by atoms with van der Waals surface area (Å²) in [5.74, 6) is 0.970. The van der Waals surface area contributed by atoms with Gasteiger partial charge in [0.05, 0.1) is 28.0 Å². The third kappa shape index (κ3) is 3.50. The van der Waals surface area contributed by atoms with E-state index in [1.165, 1.54) is 0 Å². The fourth-order valence-corrected chi connectivity index (χ4v) is 2.79. The monoisotopic (exact) mass is 330 g/mol. The molecule has 2 amide bonds. The molecule has 0 radical (unpaired) electrons. The third-order valence-corrected chi connectivity index (χ3v) is 4.30. The highest BCUT2D eigenvalue weighted by atomic mass is 32.1. The molecule has 0 spiro atoms. The predicted molar refractivity (Wildman–Crippen MR) is 90.7 cm³/mol. The number of carbonyl (C=O) groups is 1. The summed E-state index contributed by atoms with van der Waals surface area (Å²) in [4.78, 5) is 18.1. The number of hydrogen-bond acceptors (Lipinski definition) is 5. The number of aromatic nitrogens is 2. The fourth-order valence-electron chi connectivity index (χ4n) is 2.14. The van der Waals surface area contributed by atoms with Gasteiger partial charge in [-0.3, -0.25) is 0 Å². The Labute approximate surface area is 138 Å². The highest BCUT2D eigenvalue weighted by Gasteiger charge is 2.14. The summed E-state index contributed by atoms with van der Waals surface area (Å²) in [7, 11) is 1.72. The lowest BCUT2D eigenvalue weighted by Crippen LogP contribution is -2.30. The van der Waals surface area contributed by atoms with Gasteiger partial charge in [0.15, 0.2) is 5.76 Å². The van der Waals surface area contributed by atoms with Crippen molar-refractivity contribution in [2.45, 2.75) is 26.3 Å². The van der Waals surface area contributed by atoms with Crippen LogP contribution in [0.3, 0.4) is 0 Å². The molecule has 23 heavy (non-hydrogen) atoms. The molecule has 120 valence electrons. The maximum Gasteiger partial charge on any atom is 0.321 e. The Hall–Kier alpha value is -2.41. The average molecular weight is 330 g/mol. The van der Waals surface area contributed by atoms with E-state index >= 15 is 0 Å². The zero-order valence-electron chi connectivity index (χ0n) is 13.2. The summed E-state index contributed by atoms with van der Waals surface area (Å²) >= 11 is 1.57. The van der Waals surface area contributed by atoms with Crippen molar-refractivity contribution in [1.82, 2.24) is 15.0 Å². The van der Waals surface area contributed by atoms with Crippen molar-refractivity contribution in [2.75, 3.05) is 12.4 Å². The molecule has 7 heteroatoms. The van der Waals surface area contributed by atoms with E-state index in [9.17, 15) is 4.79 Å². The molecule has 6 nitrogen and oxygen atoms in total. The number of hydrogen-bond donors (Lipinski definition) is 1. The third-order valence-electron chi connectivity index (χ3n) is 3.49. The smallest absolute Gasteiger partial charge is 0.321 e. The lowest BCUT2D eigenvalue weighted by molar-refractivity contribution is 0.214. The van der Waals surface area contributed by atoms with Crippen LogP contribution in [0.15, 0.2) is 34.3 Å². The first-order valence-electron chi connectivity index (χ1n) is 7.34.